The van der Waals surface area contributed by atoms with Gasteiger partial charge in [-0.15, -0.1) is 5.10 Å². The second-order valence-corrected chi connectivity index (χ2v) is 4.40. The molecule has 4 aromatic heterocycles. The molecule has 8 heteroatoms. The molecule has 0 aromatic carbocycles. The van der Waals surface area contributed by atoms with E-state index in [-0.39, 0.29) is 5.89 Å². The van der Waals surface area contributed by atoms with Gasteiger partial charge < -0.3 is 4.52 Å². The Morgan fingerprint density at radius 3 is 2.86 bits per heavy atom. The molecule has 0 radical (unpaired) electrons. The summed E-state index contributed by atoms with van der Waals surface area (Å²) in [5, 5.41) is 8.24. The number of fused-ring (bicyclic) bond motifs is 1. The van der Waals surface area contributed by atoms with Crippen LogP contribution in [0.25, 0.3) is 28.9 Å². The van der Waals surface area contributed by atoms with Gasteiger partial charge in [0.15, 0.2) is 0 Å². The van der Waals surface area contributed by atoms with E-state index in [4.69, 9.17) is 4.52 Å². The van der Waals surface area contributed by atoms with Gasteiger partial charge in [-0.2, -0.15) is 9.97 Å². The van der Waals surface area contributed by atoms with Crippen molar-refractivity contribution in [1.82, 2.24) is 34.7 Å². The first-order valence-corrected chi connectivity index (χ1v) is 6.24. The molecule has 0 spiro atoms. The van der Waals surface area contributed by atoms with Crippen molar-refractivity contribution < 1.29 is 4.52 Å². The highest BCUT2D eigenvalue weighted by Gasteiger charge is 2.16. The molecule has 0 N–H and O–H groups in total. The second-order valence-electron chi connectivity index (χ2n) is 4.40. The summed E-state index contributed by atoms with van der Waals surface area (Å²) in [5.74, 6) is 1.53. The minimum absolute atomic E-state index is 0.249. The van der Waals surface area contributed by atoms with Gasteiger partial charge in [0, 0.05) is 29.8 Å². The normalized spacial score (nSPS) is 11.1. The van der Waals surface area contributed by atoms with E-state index in [1.807, 2.05) is 25.1 Å². The third-order valence-electron chi connectivity index (χ3n) is 2.97. The maximum atomic E-state index is 5.22. The first-order chi connectivity index (χ1) is 10.3. The summed E-state index contributed by atoms with van der Waals surface area (Å²) < 4.78 is 6.85. The van der Waals surface area contributed by atoms with E-state index in [1.54, 1.807) is 23.1 Å². The predicted octanol–water partition coefficient (Wildman–Crippen LogP) is 1.54. The van der Waals surface area contributed by atoms with Crippen LogP contribution in [0.4, 0.5) is 0 Å². The quantitative estimate of drug-likeness (QED) is 0.549. The van der Waals surface area contributed by atoms with Crippen LogP contribution in [-0.2, 0) is 0 Å². The van der Waals surface area contributed by atoms with Crippen molar-refractivity contribution in [2.75, 3.05) is 0 Å². The van der Waals surface area contributed by atoms with Gasteiger partial charge in [0.05, 0.1) is 0 Å². The fourth-order valence-electron chi connectivity index (χ4n) is 1.92. The van der Waals surface area contributed by atoms with Crippen LogP contribution in [0.3, 0.4) is 0 Å². The topological polar surface area (TPSA) is 94.9 Å². The van der Waals surface area contributed by atoms with Crippen LogP contribution < -0.4 is 0 Å². The number of aryl methyl sites for hydroxylation is 1. The van der Waals surface area contributed by atoms with Gasteiger partial charge in [-0.25, -0.2) is 9.50 Å². The molecule has 8 nitrogen and oxygen atoms in total. The Kier molecular flexibility index (Phi) is 2.46. The summed E-state index contributed by atoms with van der Waals surface area (Å²) in [6.07, 6.45) is 5.03. The third-order valence-corrected chi connectivity index (χ3v) is 2.97. The molecule has 0 aliphatic heterocycles. The lowest BCUT2D eigenvalue weighted by molar-refractivity contribution is 0.429. The zero-order valence-corrected chi connectivity index (χ0v) is 11.0. The molecule has 0 saturated carbocycles. The van der Waals surface area contributed by atoms with Crippen LogP contribution in [0.15, 0.2) is 41.3 Å². The van der Waals surface area contributed by atoms with Gasteiger partial charge in [-0.05, 0) is 25.1 Å². The molecular formula is C13H9N7O. The van der Waals surface area contributed by atoms with Crippen LogP contribution in [0, 0.1) is 6.92 Å². The number of nitrogens with zero attached hydrogens (tertiary/aromatic N) is 7. The summed E-state index contributed by atoms with van der Waals surface area (Å²) in [4.78, 5) is 16.7. The molecule has 21 heavy (non-hydrogen) atoms. The Balaban J connectivity index is 1.79. The Hall–Kier alpha value is -3.16. The first kappa shape index (κ1) is 11.6. The van der Waals surface area contributed by atoms with Gasteiger partial charge in [0.2, 0.25) is 11.6 Å². The van der Waals surface area contributed by atoms with Crippen molar-refractivity contribution in [2.45, 2.75) is 6.92 Å². The number of aromatic nitrogens is 7. The highest BCUT2D eigenvalue weighted by Crippen LogP contribution is 2.19. The SMILES string of the molecule is Cc1ccnc2nc(-c3nc(-c4cccnc4)no3)nn12. The molecule has 4 aromatic rings. The van der Waals surface area contributed by atoms with Crippen LogP contribution in [0.5, 0.6) is 0 Å². The van der Waals surface area contributed by atoms with Gasteiger partial charge in [-0.1, -0.05) is 5.16 Å². The Bertz CT molecular complexity index is 913. The van der Waals surface area contributed by atoms with Gasteiger partial charge >= 0.3 is 0 Å². The molecule has 0 fully saturated rings. The Morgan fingerprint density at radius 2 is 2.05 bits per heavy atom. The summed E-state index contributed by atoms with van der Waals surface area (Å²) in [6, 6.07) is 5.51. The van der Waals surface area contributed by atoms with Gasteiger partial charge in [0.25, 0.3) is 11.7 Å². The Morgan fingerprint density at radius 1 is 1.10 bits per heavy atom. The maximum Gasteiger partial charge on any atom is 0.297 e. The van der Waals surface area contributed by atoms with E-state index >= 15 is 0 Å². The van der Waals surface area contributed by atoms with Crippen LogP contribution in [0.2, 0.25) is 0 Å². The van der Waals surface area contributed by atoms with Gasteiger partial charge in [-0.3, -0.25) is 4.98 Å². The minimum Gasteiger partial charge on any atom is -0.330 e. The van der Waals surface area contributed by atoms with Crippen molar-refractivity contribution >= 4 is 5.78 Å². The molecule has 0 atom stereocenters. The van der Waals surface area contributed by atoms with E-state index in [2.05, 4.69) is 30.2 Å². The van der Waals surface area contributed by atoms with E-state index < -0.39 is 0 Å². The highest BCUT2D eigenvalue weighted by atomic mass is 16.5. The number of pyridine rings is 1. The molecule has 4 heterocycles. The molecule has 0 aliphatic carbocycles. The minimum atomic E-state index is 0.249. The highest BCUT2D eigenvalue weighted by molar-refractivity contribution is 5.55. The lowest BCUT2D eigenvalue weighted by atomic mass is 10.3. The largest absolute Gasteiger partial charge is 0.330 e. The Labute approximate surface area is 118 Å². The molecule has 0 amide bonds. The molecule has 0 unspecified atom stereocenters. The molecular weight excluding hydrogens is 270 g/mol. The summed E-state index contributed by atoms with van der Waals surface area (Å²) in [6.45, 7) is 1.92. The lowest BCUT2D eigenvalue weighted by Crippen LogP contribution is -1.94. The first-order valence-electron chi connectivity index (χ1n) is 6.24. The van der Waals surface area contributed by atoms with Crippen molar-refractivity contribution in [3.05, 3.63) is 42.5 Å². The van der Waals surface area contributed by atoms with E-state index in [0.29, 0.717) is 17.4 Å². The van der Waals surface area contributed by atoms with E-state index in [1.165, 1.54) is 0 Å². The van der Waals surface area contributed by atoms with Crippen molar-refractivity contribution in [1.29, 1.82) is 0 Å². The average molecular weight is 279 g/mol. The van der Waals surface area contributed by atoms with E-state index in [9.17, 15) is 0 Å². The zero-order valence-electron chi connectivity index (χ0n) is 11.0. The van der Waals surface area contributed by atoms with E-state index in [0.717, 1.165) is 11.3 Å². The zero-order chi connectivity index (χ0) is 14.2. The van der Waals surface area contributed by atoms with Crippen molar-refractivity contribution in [2.24, 2.45) is 0 Å². The predicted molar refractivity (Wildman–Crippen MR) is 72.0 cm³/mol. The molecule has 102 valence electrons. The summed E-state index contributed by atoms with van der Waals surface area (Å²) >= 11 is 0. The van der Waals surface area contributed by atoms with Crippen molar-refractivity contribution in [3.8, 4) is 23.1 Å². The number of hydrogen-bond donors (Lipinski definition) is 0. The molecule has 0 saturated heterocycles. The number of hydrogen-bond acceptors (Lipinski definition) is 7. The van der Waals surface area contributed by atoms with Crippen molar-refractivity contribution in [3.63, 3.8) is 0 Å². The smallest absolute Gasteiger partial charge is 0.297 e. The average Bonchev–Trinajstić information content (AvgIpc) is 3.15. The lowest BCUT2D eigenvalue weighted by Gasteiger charge is -1.92. The maximum absolute atomic E-state index is 5.22. The van der Waals surface area contributed by atoms with Crippen LogP contribution in [0.1, 0.15) is 5.69 Å². The molecule has 0 aliphatic rings. The number of rotatable bonds is 2. The fourth-order valence-corrected chi connectivity index (χ4v) is 1.92. The molecule has 0 bridgehead atoms. The monoisotopic (exact) mass is 279 g/mol. The van der Waals surface area contributed by atoms with Gasteiger partial charge in [0.1, 0.15) is 0 Å². The fraction of sp³-hybridized carbons (Fsp3) is 0.0769. The summed E-state index contributed by atoms with van der Waals surface area (Å²) in [5.41, 5.74) is 1.69. The third kappa shape index (κ3) is 1.93. The second kappa shape index (κ2) is 4.44. The summed E-state index contributed by atoms with van der Waals surface area (Å²) in [7, 11) is 0. The standard InChI is InChI=1S/C13H9N7O/c1-8-4-6-15-13-17-11(18-20(8)13)12-16-10(19-21-12)9-3-2-5-14-7-9/h2-7H,1H3. The van der Waals surface area contributed by atoms with Crippen LogP contribution in [-0.4, -0.2) is 34.7 Å². The van der Waals surface area contributed by atoms with Crippen LogP contribution >= 0.6 is 0 Å². The molecule has 4 rings (SSSR count).